The van der Waals surface area contributed by atoms with Gasteiger partial charge in [0.2, 0.25) is 0 Å². The Kier molecular flexibility index (Phi) is 1.43. The first-order valence-electron chi connectivity index (χ1n) is 2.54. The molecule has 2 unspecified atom stereocenters. The summed E-state index contributed by atoms with van der Waals surface area (Å²) < 4.78 is 0. The Morgan fingerprint density at radius 3 is 2.62 bits per heavy atom. The first-order chi connectivity index (χ1) is 3.75. The molecule has 0 radical (unpaired) electrons. The van der Waals surface area contributed by atoms with E-state index in [1.165, 1.54) is 0 Å². The summed E-state index contributed by atoms with van der Waals surface area (Å²) in [4.78, 5) is 10.1. The lowest BCUT2D eigenvalue weighted by atomic mass is 10.3. The van der Waals surface area contributed by atoms with Crippen molar-refractivity contribution >= 4 is 17.6 Å². The first-order valence-corrected chi connectivity index (χ1v) is 3.08. The molecule has 46 valence electrons. The molecule has 0 bridgehead atoms. The molecular formula is C5H7ClO2. The normalized spacial score (nSPS) is 34.6. The number of halogens is 1. The third-order valence-electron chi connectivity index (χ3n) is 1.44. The molecule has 8 heavy (non-hydrogen) atoms. The maximum Gasteiger partial charge on any atom is 0.306 e. The highest BCUT2D eigenvalue weighted by atomic mass is 35.5. The van der Waals surface area contributed by atoms with Crippen molar-refractivity contribution in [3.8, 4) is 0 Å². The lowest BCUT2D eigenvalue weighted by Gasteiger charge is -1.83. The fraction of sp³-hybridized carbons (Fsp3) is 0.800. The van der Waals surface area contributed by atoms with Crippen LogP contribution in [-0.4, -0.2) is 17.0 Å². The van der Waals surface area contributed by atoms with E-state index in [9.17, 15) is 4.79 Å². The summed E-state index contributed by atoms with van der Waals surface area (Å²) in [6.45, 7) is 0. The van der Waals surface area contributed by atoms with E-state index in [0.717, 1.165) is 6.42 Å². The summed E-state index contributed by atoms with van der Waals surface area (Å²) in [6.07, 6.45) is 0.777. The number of rotatable bonds is 2. The van der Waals surface area contributed by atoms with Crippen molar-refractivity contribution < 1.29 is 9.90 Å². The van der Waals surface area contributed by atoms with Gasteiger partial charge in [-0.05, 0) is 12.3 Å². The van der Waals surface area contributed by atoms with Crippen LogP contribution in [0.1, 0.15) is 6.42 Å². The van der Waals surface area contributed by atoms with Gasteiger partial charge < -0.3 is 5.11 Å². The third-order valence-corrected chi connectivity index (χ3v) is 1.83. The summed E-state index contributed by atoms with van der Waals surface area (Å²) in [7, 11) is 0. The number of hydrogen-bond donors (Lipinski definition) is 1. The number of carboxylic acids is 1. The fourth-order valence-electron chi connectivity index (χ4n) is 0.721. The van der Waals surface area contributed by atoms with Crippen LogP contribution in [0.3, 0.4) is 0 Å². The van der Waals surface area contributed by atoms with Gasteiger partial charge in [0.05, 0.1) is 5.92 Å². The largest absolute Gasteiger partial charge is 0.481 e. The van der Waals surface area contributed by atoms with Crippen LogP contribution in [0.4, 0.5) is 0 Å². The second kappa shape index (κ2) is 1.94. The van der Waals surface area contributed by atoms with Crippen LogP contribution in [0.25, 0.3) is 0 Å². The molecule has 1 aliphatic carbocycles. The van der Waals surface area contributed by atoms with Crippen molar-refractivity contribution in [2.45, 2.75) is 6.42 Å². The highest BCUT2D eigenvalue weighted by molar-refractivity contribution is 6.18. The molecule has 2 atom stereocenters. The zero-order valence-corrected chi connectivity index (χ0v) is 5.06. The molecule has 0 spiro atoms. The van der Waals surface area contributed by atoms with Gasteiger partial charge in [0.1, 0.15) is 0 Å². The molecule has 0 aromatic rings. The van der Waals surface area contributed by atoms with Crippen molar-refractivity contribution in [2.24, 2.45) is 11.8 Å². The zero-order chi connectivity index (χ0) is 6.15. The van der Waals surface area contributed by atoms with Crippen molar-refractivity contribution in [2.75, 3.05) is 5.88 Å². The molecule has 1 fully saturated rings. The second-order valence-corrected chi connectivity index (χ2v) is 2.40. The lowest BCUT2D eigenvalue weighted by Crippen LogP contribution is -1.99. The molecule has 0 amide bonds. The van der Waals surface area contributed by atoms with E-state index in [1.807, 2.05) is 0 Å². The van der Waals surface area contributed by atoms with Gasteiger partial charge >= 0.3 is 5.97 Å². The van der Waals surface area contributed by atoms with Crippen LogP contribution in [0.2, 0.25) is 0 Å². The summed E-state index contributed by atoms with van der Waals surface area (Å²) in [5, 5.41) is 8.30. The molecule has 1 rings (SSSR count). The highest BCUT2D eigenvalue weighted by Gasteiger charge is 2.42. The SMILES string of the molecule is O=C(O)C1CC1CCl. The topological polar surface area (TPSA) is 37.3 Å². The van der Waals surface area contributed by atoms with E-state index < -0.39 is 5.97 Å². The van der Waals surface area contributed by atoms with Gasteiger partial charge in [0.15, 0.2) is 0 Å². The Labute approximate surface area is 52.5 Å². The minimum absolute atomic E-state index is 0.132. The van der Waals surface area contributed by atoms with Crippen LogP contribution in [-0.2, 0) is 4.79 Å². The fourth-order valence-corrected chi connectivity index (χ4v) is 1.06. The maximum absolute atomic E-state index is 10.1. The maximum atomic E-state index is 10.1. The molecule has 1 saturated carbocycles. The van der Waals surface area contributed by atoms with Gasteiger partial charge in [0.25, 0.3) is 0 Å². The monoisotopic (exact) mass is 134 g/mol. The average Bonchev–Trinajstić information content (AvgIpc) is 2.42. The Morgan fingerprint density at radius 2 is 2.50 bits per heavy atom. The number of hydrogen-bond acceptors (Lipinski definition) is 1. The minimum Gasteiger partial charge on any atom is -0.481 e. The smallest absolute Gasteiger partial charge is 0.306 e. The number of alkyl halides is 1. The van der Waals surface area contributed by atoms with E-state index in [0.29, 0.717) is 5.88 Å². The van der Waals surface area contributed by atoms with E-state index in [2.05, 4.69) is 0 Å². The predicted octanol–water partition coefficient (Wildman–Crippen LogP) is 0.946. The van der Waals surface area contributed by atoms with E-state index in [4.69, 9.17) is 16.7 Å². The molecule has 0 aliphatic heterocycles. The van der Waals surface area contributed by atoms with Gasteiger partial charge in [-0.3, -0.25) is 4.79 Å². The molecule has 0 heterocycles. The third kappa shape index (κ3) is 0.944. The van der Waals surface area contributed by atoms with E-state index in [-0.39, 0.29) is 11.8 Å². The van der Waals surface area contributed by atoms with Gasteiger partial charge in [-0.2, -0.15) is 0 Å². The number of aliphatic carboxylic acids is 1. The number of carbonyl (C=O) groups is 1. The van der Waals surface area contributed by atoms with Crippen LogP contribution >= 0.6 is 11.6 Å². The Bertz CT molecular complexity index is 113. The molecule has 3 heteroatoms. The van der Waals surface area contributed by atoms with Gasteiger partial charge in [0, 0.05) is 5.88 Å². The summed E-state index contributed by atoms with van der Waals surface area (Å²) in [6, 6.07) is 0. The lowest BCUT2D eigenvalue weighted by molar-refractivity contribution is -0.138. The van der Waals surface area contributed by atoms with Crippen molar-refractivity contribution in [1.82, 2.24) is 0 Å². The molecule has 0 aromatic carbocycles. The van der Waals surface area contributed by atoms with Crippen molar-refractivity contribution in [3.05, 3.63) is 0 Å². The highest BCUT2D eigenvalue weighted by Crippen LogP contribution is 2.39. The molecule has 1 N–H and O–H groups in total. The van der Waals surface area contributed by atoms with Gasteiger partial charge in [-0.1, -0.05) is 0 Å². The predicted molar refractivity (Wildman–Crippen MR) is 30.0 cm³/mol. The Hall–Kier alpha value is -0.240. The summed E-state index contributed by atoms with van der Waals surface area (Å²) >= 11 is 5.37. The van der Waals surface area contributed by atoms with Crippen LogP contribution in [0.15, 0.2) is 0 Å². The van der Waals surface area contributed by atoms with E-state index >= 15 is 0 Å². The first kappa shape index (κ1) is 5.89. The van der Waals surface area contributed by atoms with Crippen LogP contribution < -0.4 is 0 Å². The minimum atomic E-state index is -0.698. The Balaban J connectivity index is 2.26. The standard InChI is InChI=1S/C5H7ClO2/c6-2-3-1-4(3)5(7)8/h3-4H,1-2H2,(H,7,8). The van der Waals surface area contributed by atoms with E-state index in [1.54, 1.807) is 0 Å². The van der Waals surface area contributed by atoms with Crippen LogP contribution in [0, 0.1) is 11.8 Å². The second-order valence-electron chi connectivity index (χ2n) is 2.09. The number of carboxylic acid groups (broad SMARTS) is 1. The van der Waals surface area contributed by atoms with Crippen molar-refractivity contribution in [1.29, 1.82) is 0 Å². The summed E-state index contributed by atoms with van der Waals surface area (Å²) in [5.41, 5.74) is 0. The van der Waals surface area contributed by atoms with Crippen molar-refractivity contribution in [3.63, 3.8) is 0 Å². The zero-order valence-electron chi connectivity index (χ0n) is 4.30. The molecular weight excluding hydrogens is 128 g/mol. The quantitative estimate of drug-likeness (QED) is 0.571. The van der Waals surface area contributed by atoms with Crippen LogP contribution in [0.5, 0.6) is 0 Å². The average molecular weight is 135 g/mol. The summed E-state index contributed by atoms with van der Waals surface area (Å²) in [5.74, 6) is -0.0749. The molecule has 0 saturated heterocycles. The molecule has 0 aromatic heterocycles. The molecule has 2 nitrogen and oxygen atoms in total. The Morgan fingerprint density at radius 1 is 1.88 bits per heavy atom. The van der Waals surface area contributed by atoms with Gasteiger partial charge in [-0.15, -0.1) is 11.6 Å². The molecule has 1 aliphatic rings. The van der Waals surface area contributed by atoms with Gasteiger partial charge in [-0.25, -0.2) is 0 Å².